The van der Waals surface area contributed by atoms with Crippen LogP contribution in [0.2, 0.25) is 0 Å². The van der Waals surface area contributed by atoms with Crippen molar-refractivity contribution in [3.63, 3.8) is 0 Å². The van der Waals surface area contributed by atoms with Crippen molar-refractivity contribution in [1.29, 1.82) is 0 Å². The summed E-state index contributed by atoms with van der Waals surface area (Å²) in [6.07, 6.45) is 6.39. The summed E-state index contributed by atoms with van der Waals surface area (Å²) >= 11 is 0. The van der Waals surface area contributed by atoms with E-state index in [9.17, 15) is 4.39 Å². The van der Waals surface area contributed by atoms with E-state index in [1.54, 1.807) is 19.2 Å². The van der Waals surface area contributed by atoms with Crippen molar-refractivity contribution < 1.29 is 9.13 Å². The Balaban J connectivity index is 2.38. The Bertz CT molecular complexity index is 357. The van der Waals surface area contributed by atoms with Gasteiger partial charge in [-0.15, -0.1) is 0 Å². The molecule has 0 saturated heterocycles. The second kappa shape index (κ2) is 3.82. The van der Waals surface area contributed by atoms with Crippen molar-refractivity contribution >= 4 is 0 Å². The van der Waals surface area contributed by atoms with Crippen molar-refractivity contribution in [1.82, 2.24) is 0 Å². The number of hydrogen-bond acceptors (Lipinski definition) is 1. The molecule has 0 heterocycles. The van der Waals surface area contributed by atoms with Gasteiger partial charge < -0.3 is 4.74 Å². The third kappa shape index (κ3) is 1.65. The molecule has 1 aliphatic carbocycles. The number of ether oxygens (including phenoxy) is 1. The van der Waals surface area contributed by atoms with E-state index >= 15 is 0 Å². The minimum atomic E-state index is -0.193. The molecule has 0 N–H and O–H groups in total. The summed E-state index contributed by atoms with van der Waals surface area (Å²) in [6, 6.07) is 4.69. The molecular formula is C12H13FO. The van der Waals surface area contributed by atoms with Gasteiger partial charge in [0.25, 0.3) is 0 Å². The number of halogens is 1. The fourth-order valence-electron chi connectivity index (χ4n) is 1.89. The van der Waals surface area contributed by atoms with Gasteiger partial charge in [-0.3, -0.25) is 0 Å². The van der Waals surface area contributed by atoms with Crippen LogP contribution >= 0.6 is 0 Å². The number of benzene rings is 1. The molecule has 0 aliphatic heterocycles. The van der Waals surface area contributed by atoms with Crippen molar-refractivity contribution in [3.8, 4) is 5.75 Å². The lowest BCUT2D eigenvalue weighted by molar-refractivity contribution is 0.406. The predicted molar refractivity (Wildman–Crippen MR) is 54.1 cm³/mol. The first-order valence-corrected chi connectivity index (χ1v) is 4.81. The smallest absolute Gasteiger partial charge is 0.123 e. The van der Waals surface area contributed by atoms with Gasteiger partial charge in [0.05, 0.1) is 7.11 Å². The molecule has 74 valence electrons. The van der Waals surface area contributed by atoms with Crippen molar-refractivity contribution in [2.24, 2.45) is 0 Å². The molecule has 1 unspecified atom stereocenters. The molecule has 1 aliphatic rings. The Hall–Kier alpha value is -1.31. The summed E-state index contributed by atoms with van der Waals surface area (Å²) in [4.78, 5) is 0. The molecule has 0 spiro atoms. The molecule has 1 nitrogen and oxygen atoms in total. The van der Waals surface area contributed by atoms with E-state index in [0.717, 1.165) is 24.2 Å². The highest BCUT2D eigenvalue weighted by Gasteiger charge is 2.16. The minimum absolute atomic E-state index is 0.193. The van der Waals surface area contributed by atoms with E-state index < -0.39 is 0 Å². The van der Waals surface area contributed by atoms with Crippen LogP contribution < -0.4 is 4.74 Å². The topological polar surface area (TPSA) is 9.23 Å². The quantitative estimate of drug-likeness (QED) is 0.653. The first-order valence-electron chi connectivity index (χ1n) is 4.81. The average molecular weight is 192 g/mol. The molecule has 1 aromatic rings. The van der Waals surface area contributed by atoms with Crippen LogP contribution in [0.4, 0.5) is 4.39 Å². The van der Waals surface area contributed by atoms with E-state index in [-0.39, 0.29) is 5.82 Å². The van der Waals surface area contributed by atoms with Crippen molar-refractivity contribution in [2.75, 3.05) is 7.11 Å². The molecule has 2 heteroatoms. The number of hydrogen-bond donors (Lipinski definition) is 0. The molecule has 2 rings (SSSR count). The average Bonchev–Trinajstić information content (AvgIpc) is 2.70. The molecule has 0 radical (unpaired) electrons. The lowest BCUT2D eigenvalue weighted by atomic mass is 9.97. The van der Waals surface area contributed by atoms with Crippen LogP contribution in [0.25, 0.3) is 0 Å². The van der Waals surface area contributed by atoms with E-state index in [2.05, 4.69) is 12.2 Å². The maximum atomic E-state index is 13.1. The summed E-state index contributed by atoms with van der Waals surface area (Å²) in [5.74, 6) is 0.907. The molecule has 14 heavy (non-hydrogen) atoms. The van der Waals surface area contributed by atoms with Gasteiger partial charge >= 0.3 is 0 Å². The van der Waals surface area contributed by atoms with Crippen LogP contribution in [0.3, 0.4) is 0 Å². The van der Waals surface area contributed by atoms with Crippen molar-refractivity contribution in [3.05, 3.63) is 41.7 Å². The van der Waals surface area contributed by atoms with Gasteiger partial charge in [0.2, 0.25) is 0 Å². The van der Waals surface area contributed by atoms with Crippen LogP contribution in [-0.2, 0) is 0 Å². The largest absolute Gasteiger partial charge is 0.496 e. The minimum Gasteiger partial charge on any atom is -0.496 e. The zero-order valence-electron chi connectivity index (χ0n) is 8.16. The lowest BCUT2D eigenvalue weighted by Gasteiger charge is -2.12. The molecule has 0 aromatic heterocycles. The van der Waals surface area contributed by atoms with Gasteiger partial charge in [-0.05, 0) is 31.0 Å². The summed E-state index contributed by atoms with van der Waals surface area (Å²) in [7, 11) is 1.62. The molecular weight excluding hydrogens is 179 g/mol. The highest BCUT2D eigenvalue weighted by atomic mass is 19.1. The molecule has 0 saturated carbocycles. The fourth-order valence-corrected chi connectivity index (χ4v) is 1.89. The Labute approximate surface area is 83.2 Å². The predicted octanol–water partition coefficient (Wildman–Crippen LogP) is 3.27. The Morgan fingerprint density at radius 1 is 1.43 bits per heavy atom. The van der Waals surface area contributed by atoms with Gasteiger partial charge in [0, 0.05) is 11.5 Å². The Morgan fingerprint density at radius 2 is 2.29 bits per heavy atom. The summed E-state index contributed by atoms with van der Waals surface area (Å²) in [5.41, 5.74) is 0.959. The highest BCUT2D eigenvalue weighted by molar-refractivity contribution is 5.39. The molecule has 0 fully saturated rings. The van der Waals surface area contributed by atoms with Crippen LogP contribution in [0, 0.1) is 5.82 Å². The standard InChI is InChI=1S/C12H13FO/c1-14-12-7-6-10(13)8-11(12)9-4-2-3-5-9/h2,4,6-9H,3,5H2,1H3. The summed E-state index contributed by atoms with van der Waals surface area (Å²) < 4.78 is 18.3. The van der Waals surface area contributed by atoms with Gasteiger partial charge in [-0.1, -0.05) is 12.2 Å². The summed E-state index contributed by atoms with van der Waals surface area (Å²) in [5, 5.41) is 0. The maximum absolute atomic E-state index is 13.1. The SMILES string of the molecule is COc1ccc(F)cc1C1C=CCC1. The van der Waals surface area contributed by atoms with Crippen LogP contribution in [0.15, 0.2) is 30.4 Å². The van der Waals surface area contributed by atoms with E-state index in [0.29, 0.717) is 5.92 Å². The monoisotopic (exact) mass is 192 g/mol. The third-order valence-corrected chi connectivity index (χ3v) is 2.60. The van der Waals surface area contributed by atoms with E-state index in [1.807, 2.05) is 0 Å². The molecule has 0 bridgehead atoms. The zero-order valence-corrected chi connectivity index (χ0v) is 8.16. The van der Waals surface area contributed by atoms with Gasteiger partial charge in [-0.25, -0.2) is 4.39 Å². The second-order valence-corrected chi connectivity index (χ2v) is 3.50. The van der Waals surface area contributed by atoms with Crippen molar-refractivity contribution in [2.45, 2.75) is 18.8 Å². The van der Waals surface area contributed by atoms with Gasteiger partial charge in [0.15, 0.2) is 0 Å². The maximum Gasteiger partial charge on any atom is 0.123 e. The van der Waals surface area contributed by atoms with Crippen LogP contribution in [0.1, 0.15) is 24.3 Å². The van der Waals surface area contributed by atoms with E-state index in [4.69, 9.17) is 4.74 Å². The molecule has 0 amide bonds. The Morgan fingerprint density at radius 3 is 2.93 bits per heavy atom. The van der Waals surface area contributed by atoms with Crippen LogP contribution in [-0.4, -0.2) is 7.11 Å². The highest BCUT2D eigenvalue weighted by Crippen LogP contribution is 2.34. The number of rotatable bonds is 2. The summed E-state index contributed by atoms with van der Waals surface area (Å²) in [6.45, 7) is 0. The number of allylic oxidation sites excluding steroid dienone is 2. The molecule has 1 aromatic carbocycles. The first-order chi connectivity index (χ1) is 6.81. The normalized spacial score (nSPS) is 20.0. The first kappa shape index (κ1) is 9.25. The van der Waals surface area contributed by atoms with Gasteiger partial charge in [0.1, 0.15) is 11.6 Å². The second-order valence-electron chi connectivity index (χ2n) is 3.50. The fraction of sp³-hybridized carbons (Fsp3) is 0.333. The third-order valence-electron chi connectivity index (χ3n) is 2.60. The van der Waals surface area contributed by atoms with E-state index in [1.165, 1.54) is 6.07 Å². The van der Waals surface area contributed by atoms with Crippen LogP contribution in [0.5, 0.6) is 5.75 Å². The van der Waals surface area contributed by atoms with Gasteiger partial charge in [-0.2, -0.15) is 0 Å². The molecule has 1 atom stereocenters. The Kier molecular flexibility index (Phi) is 2.53. The number of methoxy groups -OCH3 is 1. The zero-order chi connectivity index (χ0) is 9.97. The lowest BCUT2D eigenvalue weighted by Crippen LogP contribution is -1.97.